The van der Waals surface area contributed by atoms with Crippen LogP contribution in [0.1, 0.15) is 27.4 Å². The number of hydrogen-bond acceptors (Lipinski definition) is 7. The summed E-state index contributed by atoms with van der Waals surface area (Å²) in [7, 11) is 0. The number of ether oxygens (including phenoxy) is 3. The first-order chi connectivity index (χ1) is 17.0. The van der Waals surface area contributed by atoms with Crippen LogP contribution in [0, 0.1) is 6.92 Å². The van der Waals surface area contributed by atoms with Crippen LogP contribution in [-0.2, 0) is 24.5 Å². The van der Waals surface area contributed by atoms with Crippen LogP contribution < -0.4 is 9.47 Å². The fourth-order valence-corrected chi connectivity index (χ4v) is 3.86. The van der Waals surface area contributed by atoms with Crippen molar-refractivity contribution in [2.45, 2.75) is 33.3 Å². The van der Waals surface area contributed by atoms with Crippen LogP contribution >= 0.6 is 11.3 Å². The molecule has 0 unspecified atom stereocenters. The Morgan fingerprint density at radius 3 is 2.63 bits per heavy atom. The third-order valence-electron chi connectivity index (χ3n) is 4.99. The van der Waals surface area contributed by atoms with Gasteiger partial charge in [0.15, 0.2) is 0 Å². The summed E-state index contributed by atoms with van der Waals surface area (Å²) in [6.45, 7) is 1.29. The average Bonchev–Trinajstić information content (AvgIpc) is 3.53. The Bertz CT molecular complexity index is 1230. The van der Waals surface area contributed by atoms with Crippen molar-refractivity contribution >= 4 is 23.5 Å². The van der Waals surface area contributed by atoms with Gasteiger partial charge in [-0.05, 0) is 54.0 Å². The summed E-state index contributed by atoms with van der Waals surface area (Å²) in [5.74, 6) is 0.898. The smallest absolute Gasteiger partial charge is 0.387 e. The van der Waals surface area contributed by atoms with Crippen molar-refractivity contribution in [3.8, 4) is 11.5 Å². The van der Waals surface area contributed by atoms with Gasteiger partial charge >= 0.3 is 6.61 Å². The van der Waals surface area contributed by atoms with Crippen LogP contribution in [0.3, 0.4) is 0 Å². The lowest BCUT2D eigenvalue weighted by molar-refractivity contribution is -0.0498. The van der Waals surface area contributed by atoms with Gasteiger partial charge in [0, 0.05) is 11.6 Å². The molecule has 35 heavy (non-hydrogen) atoms. The fraction of sp³-hybridized carbons (Fsp3) is 0.240. The third-order valence-corrected chi connectivity index (χ3v) is 5.85. The Kier molecular flexibility index (Phi) is 8.53. The zero-order valence-electron chi connectivity index (χ0n) is 19.0. The number of benzene rings is 2. The van der Waals surface area contributed by atoms with Gasteiger partial charge in [-0.2, -0.15) is 8.78 Å². The maximum Gasteiger partial charge on any atom is 0.387 e. The largest absolute Gasteiger partial charge is 0.487 e. The second-order valence-corrected chi connectivity index (χ2v) is 8.44. The van der Waals surface area contributed by atoms with Gasteiger partial charge in [0.05, 0.1) is 31.6 Å². The van der Waals surface area contributed by atoms with E-state index >= 15 is 0 Å². The molecule has 0 spiro atoms. The van der Waals surface area contributed by atoms with Gasteiger partial charge in [0.25, 0.3) is 0 Å². The van der Waals surface area contributed by atoms with Gasteiger partial charge in [-0.3, -0.25) is 4.68 Å². The normalized spacial score (nSPS) is 11.4. The van der Waals surface area contributed by atoms with E-state index in [4.69, 9.17) is 9.47 Å². The first kappa shape index (κ1) is 24.5. The van der Waals surface area contributed by atoms with Gasteiger partial charge in [0.1, 0.15) is 23.1 Å². The molecule has 2 aromatic carbocycles. The van der Waals surface area contributed by atoms with Crippen molar-refractivity contribution in [1.82, 2.24) is 20.0 Å². The van der Waals surface area contributed by atoms with Crippen molar-refractivity contribution in [1.29, 1.82) is 0 Å². The standard InChI is InChI=1S/C25H24F2N4O3S/c1-18-14-23(8-5-20(18)15-32-13-12-31-11-10-28-30-31)33-16-21-17-35-24(29-21)9-4-19-2-6-22(7-3-19)34-25(26)27/h2-11,14,17,25H,12-13,15-16H2,1H3/b9-4+. The Labute approximate surface area is 205 Å². The first-order valence-electron chi connectivity index (χ1n) is 10.9. The molecule has 0 radical (unpaired) electrons. The third kappa shape index (κ3) is 7.69. The van der Waals surface area contributed by atoms with Crippen LogP contribution in [0.2, 0.25) is 0 Å². The monoisotopic (exact) mass is 498 g/mol. The number of rotatable bonds is 12. The molecule has 2 heterocycles. The number of hydrogen-bond donors (Lipinski definition) is 0. The number of halogens is 2. The molecule has 0 N–H and O–H groups in total. The van der Waals surface area contributed by atoms with Crippen LogP contribution in [0.4, 0.5) is 8.78 Å². The molecule has 4 aromatic rings. The number of aryl methyl sites for hydroxylation is 1. The SMILES string of the molecule is Cc1cc(OCc2csc(/C=C/c3ccc(OC(F)F)cc3)n2)ccc1COCCn1ccnn1. The zero-order chi connectivity index (χ0) is 24.5. The number of alkyl halides is 2. The van der Waals surface area contributed by atoms with E-state index in [1.807, 2.05) is 42.7 Å². The number of nitrogens with zero attached hydrogens (tertiary/aromatic N) is 4. The second-order valence-electron chi connectivity index (χ2n) is 7.55. The Balaban J connectivity index is 1.23. The van der Waals surface area contributed by atoms with E-state index in [1.54, 1.807) is 29.2 Å². The Morgan fingerprint density at radius 2 is 1.89 bits per heavy atom. The fourth-order valence-electron chi connectivity index (χ4n) is 3.16. The van der Waals surface area contributed by atoms with Crippen LogP contribution in [0.15, 0.2) is 60.2 Å². The molecule has 10 heteroatoms. The van der Waals surface area contributed by atoms with E-state index < -0.39 is 6.61 Å². The maximum atomic E-state index is 12.2. The molecule has 0 bridgehead atoms. The molecule has 0 aliphatic rings. The summed E-state index contributed by atoms with van der Waals surface area (Å²) >= 11 is 1.50. The highest BCUT2D eigenvalue weighted by molar-refractivity contribution is 7.10. The summed E-state index contributed by atoms with van der Waals surface area (Å²) in [4.78, 5) is 4.56. The molecule has 0 saturated carbocycles. The summed E-state index contributed by atoms with van der Waals surface area (Å²) in [5.41, 5.74) is 3.88. The van der Waals surface area contributed by atoms with Crippen molar-refractivity contribution in [3.05, 3.63) is 87.6 Å². The van der Waals surface area contributed by atoms with Gasteiger partial charge in [-0.1, -0.05) is 29.5 Å². The Morgan fingerprint density at radius 1 is 1.06 bits per heavy atom. The minimum Gasteiger partial charge on any atom is -0.487 e. The molecule has 0 aliphatic heterocycles. The van der Waals surface area contributed by atoms with Crippen LogP contribution in [0.5, 0.6) is 11.5 Å². The first-order valence-corrected chi connectivity index (χ1v) is 11.7. The van der Waals surface area contributed by atoms with Gasteiger partial charge in [-0.15, -0.1) is 16.4 Å². The predicted octanol–water partition coefficient (Wildman–Crippen LogP) is 5.61. The van der Waals surface area contributed by atoms with Crippen molar-refractivity contribution in [2.75, 3.05) is 6.61 Å². The zero-order valence-corrected chi connectivity index (χ0v) is 19.8. The topological polar surface area (TPSA) is 71.3 Å². The van der Waals surface area contributed by atoms with Gasteiger partial charge < -0.3 is 14.2 Å². The second kappa shape index (κ2) is 12.2. The molecule has 0 atom stereocenters. The van der Waals surface area contributed by atoms with E-state index in [2.05, 4.69) is 20.0 Å². The summed E-state index contributed by atoms with van der Waals surface area (Å²) in [5, 5.41) is 10.4. The summed E-state index contributed by atoms with van der Waals surface area (Å²) < 4.78 is 42.2. The highest BCUT2D eigenvalue weighted by Gasteiger charge is 2.06. The molecular weight excluding hydrogens is 474 g/mol. The molecule has 0 amide bonds. The van der Waals surface area contributed by atoms with E-state index in [-0.39, 0.29) is 5.75 Å². The molecule has 0 fully saturated rings. The van der Waals surface area contributed by atoms with Gasteiger partial charge in [-0.25, -0.2) is 4.98 Å². The van der Waals surface area contributed by atoms with Crippen molar-refractivity contribution in [3.63, 3.8) is 0 Å². The predicted molar refractivity (Wildman–Crippen MR) is 129 cm³/mol. The molecule has 0 saturated heterocycles. The maximum absolute atomic E-state index is 12.2. The van der Waals surface area contributed by atoms with Crippen LogP contribution in [0.25, 0.3) is 12.2 Å². The van der Waals surface area contributed by atoms with E-state index in [1.165, 1.54) is 23.5 Å². The quantitative estimate of drug-likeness (QED) is 0.237. The molecule has 182 valence electrons. The van der Waals surface area contributed by atoms with E-state index in [0.29, 0.717) is 26.4 Å². The minimum absolute atomic E-state index is 0.129. The van der Waals surface area contributed by atoms with E-state index in [9.17, 15) is 8.78 Å². The van der Waals surface area contributed by atoms with E-state index in [0.717, 1.165) is 33.1 Å². The lowest BCUT2D eigenvalue weighted by Crippen LogP contribution is -2.07. The highest BCUT2D eigenvalue weighted by Crippen LogP contribution is 2.21. The lowest BCUT2D eigenvalue weighted by Gasteiger charge is -2.10. The van der Waals surface area contributed by atoms with Crippen LogP contribution in [-0.4, -0.2) is 33.2 Å². The van der Waals surface area contributed by atoms with Crippen molar-refractivity contribution < 1.29 is 23.0 Å². The summed E-state index contributed by atoms with van der Waals surface area (Å²) in [6.07, 6.45) is 7.19. The van der Waals surface area contributed by atoms with Gasteiger partial charge in [0.2, 0.25) is 0 Å². The molecular formula is C25H24F2N4O3S. The Hall–Kier alpha value is -3.63. The number of thiazole rings is 1. The average molecular weight is 499 g/mol. The molecule has 7 nitrogen and oxygen atoms in total. The van der Waals surface area contributed by atoms with Crippen molar-refractivity contribution in [2.24, 2.45) is 0 Å². The summed E-state index contributed by atoms with van der Waals surface area (Å²) in [6, 6.07) is 12.4. The lowest BCUT2D eigenvalue weighted by atomic mass is 10.1. The molecule has 2 aromatic heterocycles. The molecule has 4 rings (SSSR count). The minimum atomic E-state index is -2.83. The number of aromatic nitrogens is 4. The highest BCUT2D eigenvalue weighted by atomic mass is 32.1. The molecule has 0 aliphatic carbocycles.